The van der Waals surface area contributed by atoms with Crippen LogP contribution in [0.4, 0.5) is 0 Å². The molecule has 0 atom stereocenters. The highest BCUT2D eigenvalue weighted by Gasteiger charge is 2.12. The molecule has 1 rings (SSSR count). The van der Waals surface area contributed by atoms with Gasteiger partial charge in [0, 0.05) is 19.1 Å². The van der Waals surface area contributed by atoms with E-state index in [1.165, 1.54) is 38.9 Å². The lowest BCUT2D eigenvalue weighted by Gasteiger charge is -2.08. The van der Waals surface area contributed by atoms with Gasteiger partial charge in [-0.05, 0) is 6.42 Å². The predicted molar refractivity (Wildman–Crippen MR) is 50.7 cm³/mol. The summed E-state index contributed by atoms with van der Waals surface area (Å²) in [5, 5.41) is 0. The third-order valence-electron chi connectivity index (χ3n) is 1.91. The summed E-state index contributed by atoms with van der Waals surface area (Å²) < 4.78 is 27.2. The zero-order chi connectivity index (χ0) is 10.3. The summed E-state index contributed by atoms with van der Waals surface area (Å²) in [6.45, 7) is 6.55. The summed E-state index contributed by atoms with van der Waals surface area (Å²) in [6.07, 6.45) is 4.90. The van der Waals surface area contributed by atoms with E-state index in [1.54, 1.807) is 0 Å². The Hall–Kier alpha value is -0.130. The van der Waals surface area contributed by atoms with Crippen molar-refractivity contribution in [2.45, 2.75) is 26.2 Å². The molecule has 0 aromatic rings. The summed E-state index contributed by atoms with van der Waals surface area (Å²) in [6, 6.07) is 0. The molecule has 0 bridgehead atoms. The minimum Gasteiger partial charge on any atom is -0.748 e. The van der Waals surface area contributed by atoms with Crippen molar-refractivity contribution in [3.8, 4) is 0 Å². The highest BCUT2D eigenvalue weighted by atomic mass is 32.2. The van der Waals surface area contributed by atoms with E-state index in [2.05, 4.69) is 6.92 Å². The maximum atomic E-state index is 9.08. The normalized spacial score (nSPS) is 18.1. The molecule has 0 unspecified atom stereocenters. The number of nitrogens with one attached hydrogen (secondary N) is 1. The number of quaternary nitrogens is 1. The van der Waals surface area contributed by atoms with Crippen molar-refractivity contribution in [2.24, 2.45) is 0 Å². The molecule has 1 aliphatic heterocycles. The van der Waals surface area contributed by atoms with Gasteiger partial charge in [-0.2, -0.15) is 0 Å². The van der Waals surface area contributed by atoms with Gasteiger partial charge in [0.2, 0.25) is 0 Å². The number of likely N-dealkylation sites (tertiary alicyclic amines) is 1. The van der Waals surface area contributed by atoms with Crippen LogP contribution in [0.3, 0.4) is 0 Å². The molecule has 1 aliphatic rings. The zero-order valence-corrected chi connectivity index (χ0v) is 9.19. The van der Waals surface area contributed by atoms with Crippen LogP contribution in [0.25, 0.3) is 0 Å². The van der Waals surface area contributed by atoms with Crippen molar-refractivity contribution in [2.75, 3.05) is 25.9 Å². The van der Waals surface area contributed by atoms with Crippen molar-refractivity contribution in [1.29, 1.82) is 0 Å². The highest BCUT2D eigenvalue weighted by molar-refractivity contribution is 7.84. The third kappa shape index (κ3) is 11.9. The van der Waals surface area contributed by atoms with Gasteiger partial charge in [0.1, 0.15) is 0 Å². The number of hydrogen-bond donors (Lipinski definition) is 1. The smallest absolute Gasteiger partial charge is 0.0916 e. The summed E-state index contributed by atoms with van der Waals surface area (Å²) in [7, 11) is -3.92. The number of rotatable bonds is 2. The Morgan fingerprint density at radius 1 is 1.31 bits per heavy atom. The fraction of sp³-hybridized carbons (Fsp3) is 1.00. The Labute approximate surface area is 80.7 Å². The van der Waals surface area contributed by atoms with Crippen molar-refractivity contribution in [3.63, 3.8) is 0 Å². The molecule has 0 spiro atoms. The molecule has 13 heavy (non-hydrogen) atoms. The minimum absolute atomic E-state index is 0.604. The Morgan fingerprint density at radius 3 is 2.00 bits per heavy atom. The van der Waals surface area contributed by atoms with Gasteiger partial charge in [0.15, 0.2) is 0 Å². The average Bonchev–Trinajstić information content (AvgIpc) is 2.36. The van der Waals surface area contributed by atoms with Gasteiger partial charge in [-0.25, -0.2) is 8.42 Å². The lowest BCUT2D eigenvalue weighted by Crippen LogP contribution is -3.09. The molecule has 0 aromatic heterocycles. The fourth-order valence-electron chi connectivity index (χ4n) is 1.48. The highest BCUT2D eigenvalue weighted by Crippen LogP contribution is 1.87. The fourth-order valence-corrected chi connectivity index (χ4v) is 1.48. The SMILES string of the molecule is CCC[NH+]1CCCC1.CS(=O)(=O)[O-]. The first-order chi connectivity index (χ1) is 5.93. The van der Waals surface area contributed by atoms with E-state index in [-0.39, 0.29) is 0 Å². The monoisotopic (exact) mass is 209 g/mol. The molecule has 0 saturated carbocycles. The van der Waals surface area contributed by atoms with Gasteiger partial charge >= 0.3 is 0 Å². The maximum absolute atomic E-state index is 9.08. The average molecular weight is 209 g/mol. The first kappa shape index (κ1) is 12.9. The predicted octanol–water partition coefficient (Wildman–Crippen LogP) is -0.763. The van der Waals surface area contributed by atoms with Crippen LogP contribution in [0, 0.1) is 0 Å². The Balaban J connectivity index is 0.000000252. The molecular weight excluding hydrogens is 190 g/mol. The Bertz CT molecular complexity index is 199. The molecule has 0 radical (unpaired) electrons. The second kappa shape index (κ2) is 6.34. The molecular formula is C8H19NO3S. The van der Waals surface area contributed by atoms with Crippen LogP contribution in [-0.4, -0.2) is 38.9 Å². The molecule has 1 fully saturated rings. The maximum Gasteiger partial charge on any atom is 0.0916 e. The van der Waals surface area contributed by atoms with Crippen LogP contribution < -0.4 is 4.90 Å². The van der Waals surface area contributed by atoms with Gasteiger partial charge in [-0.1, -0.05) is 6.92 Å². The van der Waals surface area contributed by atoms with E-state index >= 15 is 0 Å². The molecule has 0 aliphatic carbocycles. The molecule has 5 heteroatoms. The van der Waals surface area contributed by atoms with Crippen LogP contribution in [0.15, 0.2) is 0 Å². The van der Waals surface area contributed by atoms with E-state index < -0.39 is 10.1 Å². The summed E-state index contributed by atoms with van der Waals surface area (Å²) >= 11 is 0. The van der Waals surface area contributed by atoms with E-state index in [0.29, 0.717) is 6.26 Å². The second-order valence-electron chi connectivity index (χ2n) is 3.41. The Morgan fingerprint density at radius 2 is 1.69 bits per heavy atom. The molecule has 0 amide bonds. The number of hydrogen-bond acceptors (Lipinski definition) is 3. The largest absolute Gasteiger partial charge is 0.748 e. The van der Waals surface area contributed by atoms with Gasteiger partial charge in [0.25, 0.3) is 0 Å². The minimum atomic E-state index is -3.92. The lowest BCUT2D eigenvalue weighted by molar-refractivity contribution is -0.887. The standard InChI is InChI=1S/C7H15N.CH4O3S/c1-2-5-8-6-3-4-7-8;1-5(2,3)4/h2-7H2,1H3;1H3,(H,2,3,4). The van der Waals surface area contributed by atoms with Crippen molar-refractivity contribution in [1.82, 2.24) is 0 Å². The first-order valence-electron chi connectivity index (χ1n) is 4.68. The van der Waals surface area contributed by atoms with Crippen LogP contribution in [-0.2, 0) is 10.1 Å². The second-order valence-corrected chi connectivity index (χ2v) is 4.82. The molecule has 1 saturated heterocycles. The van der Waals surface area contributed by atoms with E-state index in [4.69, 9.17) is 13.0 Å². The molecule has 4 nitrogen and oxygen atoms in total. The summed E-state index contributed by atoms with van der Waals surface area (Å²) in [5.41, 5.74) is 0. The van der Waals surface area contributed by atoms with E-state index in [1.807, 2.05) is 4.90 Å². The summed E-state index contributed by atoms with van der Waals surface area (Å²) in [4.78, 5) is 1.83. The van der Waals surface area contributed by atoms with E-state index in [0.717, 1.165) is 0 Å². The molecule has 0 aromatic carbocycles. The van der Waals surface area contributed by atoms with Crippen molar-refractivity contribution < 1.29 is 17.9 Å². The van der Waals surface area contributed by atoms with E-state index in [9.17, 15) is 0 Å². The summed E-state index contributed by atoms with van der Waals surface area (Å²) in [5.74, 6) is 0. The topological polar surface area (TPSA) is 61.6 Å². The van der Waals surface area contributed by atoms with Crippen LogP contribution in [0.2, 0.25) is 0 Å². The molecule has 1 heterocycles. The van der Waals surface area contributed by atoms with Gasteiger partial charge < -0.3 is 9.45 Å². The van der Waals surface area contributed by atoms with Gasteiger partial charge in [-0.15, -0.1) is 0 Å². The quantitative estimate of drug-likeness (QED) is 0.608. The van der Waals surface area contributed by atoms with Gasteiger partial charge in [-0.3, -0.25) is 0 Å². The van der Waals surface area contributed by atoms with Crippen molar-refractivity contribution in [3.05, 3.63) is 0 Å². The Kier molecular flexibility index (Phi) is 6.28. The van der Waals surface area contributed by atoms with Gasteiger partial charge in [0.05, 0.1) is 29.8 Å². The van der Waals surface area contributed by atoms with Crippen LogP contribution >= 0.6 is 0 Å². The van der Waals surface area contributed by atoms with Crippen molar-refractivity contribution >= 4 is 10.1 Å². The zero-order valence-electron chi connectivity index (χ0n) is 8.38. The molecule has 80 valence electrons. The van der Waals surface area contributed by atoms with Crippen LogP contribution in [0.5, 0.6) is 0 Å². The third-order valence-corrected chi connectivity index (χ3v) is 1.91. The molecule has 1 N–H and O–H groups in total. The van der Waals surface area contributed by atoms with Crippen LogP contribution in [0.1, 0.15) is 26.2 Å². The lowest BCUT2D eigenvalue weighted by atomic mass is 10.4. The first-order valence-corrected chi connectivity index (χ1v) is 6.49.